The van der Waals surface area contributed by atoms with E-state index in [0.717, 1.165) is 12.8 Å². The quantitative estimate of drug-likeness (QED) is 0.849. The second-order valence-corrected chi connectivity index (χ2v) is 5.15. The van der Waals surface area contributed by atoms with E-state index in [2.05, 4.69) is 15.5 Å². The van der Waals surface area contributed by atoms with Crippen LogP contribution in [-0.2, 0) is 0 Å². The van der Waals surface area contributed by atoms with E-state index in [9.17, 15) is 4.79 Å². The minimum Gasteiger partial charge on any atom is -0.337 e. The summed E-state index contributed by atoms with van der Waals surface area (Å²) in [6, 6.07) is 3.31. The number of nitrogens with zero attached hydrogens (tertiary/aromatic N) is 2. The summed E-state index contributed by atoms with van der Waals surface area (Å²) in [7, 11) is 1.90. The standard InChI is InChI=1S/C12H18N4O.ClH/c1-16(12(17)11-4-5-13-15-11)10-6-8-2-3-9(7-10)14-8;/h4-5,8-10,14H,2-3,6-7H2,1H3,(H,13,15);1H. The lowest BCUT2D eigenvalue weighted by atomic mass is 9.98. The van der Waals surface area contributed by atoms with Crippen molar-refractivity contribution in [3.8, 4) is 0 Å². The van der Waals surface area contributed by atoms with Gasteiger partial charge in [-0.25, -0.2) is 0 Å². The topological polar surface area (TPSA) is 61.0 Å². The van der Waals surface area contributed by atoms with Crippen LogP contribution in [0.1, 0.15) is 36.2 Å². The molecule has 1 aromatic rings. The lowest BCUT2D eigenvalue weighted by Crippen LogP contribution is -2.48. The molecule has 6 heteroatoms. The van der Waals surface area contributed by atoms with Crippen molar-refractivity contribution >= 4 is 18.3 Å². The van der Waals surface area contributed by atoms with Crippen LogP contribution in [0.3, 0.4) is 0 Å². The molecule has 18 heavy (non-hydrogen) atoms. The van der Waals surface area contributed by atoms with Crippen LogP contribution in [0.2, 0.25) is 0 Å². The predicted molar refractivity (Wildman–Crippen MR) is 70.9 cm³/mol. The molecule has 0 aromatic carbocycles. The Morgan fingerprint density at radius 3 is 2.61 bits per heavy atom. The number of carbonyl (C=O) groups excluding carboxylic acids is 1. The summed E-state index contributed by atoms with van der Waals surface area (Å²) < 4.78 is 0. The van der Waals surface area contributed by atoms with Crippen LogP contribution in [0.4, 0.5) is 0 Å². The highest BCUT2D eigenvalue weighted by Gasteiger charge is 2.36. The lowest BCUT2D eigenvalue weighted by Gasteiger charge is -2.35. The smallest absolute Gasteiger partial charge is 0.271 e. The molecule has 2 atom stereocenters. The number of H-pyrrole nitrogens is 1. The van der Waals surface area contributed by atoms with Gasteiger partial charge in [-0.05, 0) is 31.7 Å². The maximum atomic E-state index is 12.2. The zero-order valence-electron chi connectivity index (χ0n) is 10.4. The number of piperidine rings is 1. The monoisotopic (exact) mass is 270 g/mol. The van der Waals surface area contributed by atoms with Crippen LogP contribution in [-0.4, -0.2) is 46.2 Å². The summed E-state index contributed by atoms with van der Waals surface area (Å²) in [5.74, 6) is 0.0498. The first-order chi connectivity index (χ1) is 8.24. The van der Waals surface area contributed by atoms with Crippen molar-refractivity contribution in [3.63, 3.8) is 0 Å². The van der Waals surface area contributed by atoms with E-state index in [1.807, 2.05) is 11.9 Å². The lowest BCUT2D eigenvalue weighted by molar-refractivity contribution is 0.0675. The van der Waals surface area contributed by atoms with Crippen molar-refractivity contribution in [1.29, 1.82) is 0 Å². The Kier molecular flexibility index (Phi) is 3.92. The van der Waals surface area contributed by atoms with Crippen LogP contribution in [0, 0.1) is 0 Å². The van der Waals surface area contributed by atoms with Gasteiger partial charge in [0, 0.05) is 31.4 Å². The average molecular weight is 271 g/mol. The molecule has 2 aliphatic rings. The van der Waals surface area contributed by atoms with E-state index in [1.54, 1.807) is 12.3 Å². The molecule has 2 bridgehead atoms. The number of amides is 1. The van der Waals surface area contributed by atoms with E-state index in [1.165, 1.54) is 12.8 Å². The molecule has 0 spiro atoms. The molecule has 2 unspecified atom stereocenters. The molecule has 1 aromatic heterocycles. The highest BCUT2D eigenvalue weighted by atomic mass is 35.5. The minimum atomic E-state index is 0. The van der Waals surface area contributed by atoms with Gasteiger partial charge < -0.3 is 10.2 Å². The van der Waals surface area contributed by atoms with Gasteiger partial charge in [-0.1, -0.05) is 0 Å². The van der Waals surface area contributed by atoms with Crippen LogP contribution in [0.25, 0.3) is 0 Å². The van der Waals surface area contributed by atoms with E-state index in [4.69, 9.17) is 0 Å². The molecule has 3 rings (SSSR count). The summed E-state index contributed by atoms with van der Waals surface area (Å²) in [5, 5.41) is 10.2. The van der Waals surface area contributed by atoms with Gasteiger partial charge in [-0.3, -0.25) is 9.89 Å². The number of aromatic nitrogens is 2. The number of hydrogen-bond acceptors (Lipinski definition) is 3. The van der Waals surface area contributed by atoms with Crippen molar-refractivity contribution in [2.24, 2.45) is 0 Å². The van der Waals surface area contributed by atoms with Crippen LogP contribution in [0.15, 0.2) is 12.3 Å². The predicted octanol–water partition coefficient (Wildman–Crippen LogP) is 1.19. The fraction of sp³-hybridized carbons (Fsp3) is 0.667. The number of fused-ring (bicyclic) bond motifs is 2. The van der Waals surface area contributed by atoms with Crippen molar-refractivity contribution in [2.45, 2.75) is 43.8 Å². The number of carbonyl (C=O) groups is 1. The van der Waals surface area contributed by atoms with Gasteiger partial charge in [0.25, 0.3) is 5.91 Å². The number of hydrogen-bond donors (Lipinski definition) is 2. The maximum absolute atomic E-state index is 12.2. The Morgan fingerprint density at radius 1 is 1.39 bits per heavy atom. The second-order valence-electron chi connectivity index (χ2n) is 5.15. The number of rotatable bonds is 2. The van der Waals surface area contributed by atoms with E-state index >= 15 is 0 Å². The van der Waals surface area contributed by atoms with Crippen LogP contribution < -0.4 is 5.32 Å². The Balaban J connectivity index is 0.00000120. The molecule has 2 aliphatic heterocycles. The molecule has 1 amide bonds. The Labute approximate surface area is 113 Å². The van der Waals surface area contributed by atoms with Crippen LogP contribution in [0.5, 0.6) is 0 Å². The summed E-state index contributed by atoms with van der Waals surface area (Å²) in [6.07, 6.45) is 6.29. The maximum Gasteiger partial charge on any atom is 0.271 e. The molecule has 100 valence electrons. The highest BCUT2D eigenvalue weighted by molar-refractivity contribution is 5.92. The first-order valence-corrected chi connectivity index (χ1v) is 6.26. The van der Waals surface area contributed by atoms with E-state index in [-0.39, 0.29) is 18.3 Å². The van der Waals surface area contributed by atoms with Crippen molar-refractivity contribution < 1.29 is 4.79 Å². The van der Waals surface area contributed by atoms with Gasteiger partial charge in [0.15, 0.2) is 0 Å². The number of nitrogens with one attached hydrogen (secondary N) is 2. The first kappa shape index (κ1) is 13.4. The molecule has 2 fully saturated rings. The summed E-state index contributed by atoms with van der Waals surface area (Å²) in [5.41, 5.74) is 0.582. The molecule has 2 N–H and O–H groups in total. The first-order valence-electron chi connectivity index (χ1n) is 6.26. The van der Waals surface area contributed by atoms with Crippen LogP contribution >= 0.6 is 12.4 Å². The Bertz CT molecular complexity index is 396. The van der Waals surface area contributed by atoms with Crippen molar-refractivity contribution in [2.75, 3.05) is 7.05 Å². The third-order valence-corrected chi connectivity index (χ3v) is 4.05. The van der Waals surface area contributed by atoms with Gasteiger partial charge in [0.05, 0.1) is 0 Å². The summed E-state index contributed by atoms with van der Waals surface area (Å²) in [6.45, 7) is 0. The van der Waals surface area contributed by atoms with Crippen molar-refractivity contribution in [1.82, 2.24) is 20.4 Å². The summed E-state index contributed by atoms with van der Waals surface area (Å²) in [4.78, 5) is 14.0. The molecule has 3 heterocycles. The van der Waals surface area contributed by atoms with Gasteiger partial charge in [0.1, 0.15) is 5.69 Å². The van der Waals surface area contributed by atoms with E-state index < -0.39 is 0 Å². The molecule has 5 nitrogen and oxygen atoms in total. The zero-order valence-corrected chi connectivity index (χ0v) is 11.2. The second kappa shape index (κ2) is 5.28. The average Bonchev–Trinajstić information content (AvgIpc) is 2.97. The largest absolute Gasteiger partial charge is 0.337 e. The minimum absolute atomic E-state index is 0. The molecular formula is C12H19ClN4O. The van der Waals surface area contributed by atoms with Gasteiger partial charge in [0.2, 0.25) is 0 Å². The number of halogens is 1. The molecule has 0 radical (unpaired) electrons. The normalized spacial score (nSPS) is 29.7. The van der Waals surface area contributed by atoms with E-state index in [0.29, 0.717) is 23.8 Å². The van der Waals surface area contributed by atoms with Gasteiger partial charge in [-0.2, -0.15) is 5.10 Å². The van der Waals surface area contributed by atoms with Crippen molar-refractivity contribution in [3.05, 3.63) is 18.0 Å². The zero-order chi connectivity index (χ0) is 11.8. The number of aromatic amines is 1. The Hall–Kier alpha value is -1.07. The fourth-order valence-electron chi connectivity index (χ4n) is 3.07. The van der Waals surface area contributed by atoms with Gasteiger partial charge in [-0.15, -0.1) is 12.4 Å². The van der Waals surface area contributed by atoms with Gasteiger partial charge >= 0.3 is 0 Å². The third kappa shape index (κ3) is 2.37. The molecule has 0 aliphatic carbocycles. The molecule has 2 saturated heterocycles. The summed E-state index contributed by atoms with van der Waals surface area (Å²) >= 11 is 0. The highest BCUT2D eigenvalue weighted by Crippen LogP contribution is 2.29. The molecule has 0 saturated carbocycles. The SMILES string of the molecule is CN(C(=O)c1ccn[nH]1)C1CC2CCC(C1)N2.Cl. The third-order valence-electron chi connectivity index (χ3n) is 4.05. The fourth-order valence-corrected chi connectivity index (χ4v) is 3.07. The Morgan fingerprint density at radius 2 is 2.06 bits per heavy atom. The molecular weight excluding hydrogens is 252 g/mol.